The minimum absolute atomic E-state index is 0.239. The molecule has 116 valence electrons. The van der Waals surface area contributed by atoms with Crippen molar-refractivity contribution in [2.45, 2.75) is 6.42 Å². The number of hydrogen-bond acceptors (Lipinski definition) is 5. The lowest BCUT2D eigenvalue weighted by Gasteiger charge is -2.07. The Morgan fingerprint density at radius 1 is 1.45 bits per heavy atom. The first-order chi connectivity index (χ1) is 10.8. The van der Waals surface area contributed by atoms with Gasteiger partial charge in [0.2, 0.25) is 0 Å². The van der Waals surface area contributed by atoms with E-state index in [2.05, 4.69) is 10.5 Å². The summed E-state index contributed by atoms with van der Waals surface area (Å²) < 4.78 is 15.8. The topological polar surface area (TPSA) is 73.6 Å². The van der Waals surface area contributed by atoms with E-state index < -0.39 is 0 Å². The van der Waals surface area contributed by atoms with Crippen LogP contribution in [0.1, 0.15) is 16.9 Å². The van der Waals surface area contributed by atoms with Crippen LogP contribution in [-0.4, -0.2) is 37.9 Å². The van der Waals surface area contributed by atoms with Gasteiger partial charge in [0.25, 0.3) is 5.91 Å². The molecule has 2 heterocycles. The molecule has 22 heavy (non-hydrogen) atoms. The summed E-state index contributed by atoms with van der Waals surface area (Å²) in [7, 11) is 1.59. The number of nitrogens with one attached hydrogen (secondary N) is 1. The molecule has 3 rings (SSSR count). The van der Waals surface area contributed by atoms with Gasteiger partial charge in [-0.1, -0.05) is 17.3 Å². The van der Waals surface area contributed by atoms with Crippen molar-refractivity contribution in [2.24, 2.45) is 5.92 Å². The molecule has 6 heteroatoms. The van der Waals surface area contributed by atoms with Gasteiger partial charge in [0.1, 0.15) is 5.75 Å². The van der Waals surface area contributed by atoms with Gasteiger partial charge in [-0.15, -0.1) is 0 Å². The zero-order chi connectivity index (χ0) is 15.4. The molecule has 0 bridgehead atoms. The van der Waals surface area contributed by atoms with E-state index >= 15 is 0 Å². The molecule has 6 nitrogen and oxygen atoms in total. The highest BCUT2D eigenvalue weighted by atomic mass is 16.5. The number of hydrogen-bond donors (Lipinski definition) is 1. The monoisotopic (exact) mass is 302 g/mol. The Morgan fingerprint density at radius 2 is 2.32 bits per heavy atom. The number of methoxy groups -OCH3 is 1. The van der Waals surface area contributed by atoms with Crippen LogP contribution in [-0.2, 0) is 4.74 Å². The van der Waals surface area contributed by atoms with Crippen LogP contribution in [0.5, 0.6) is 5.75 Å². The average molecular weight is 302 g/mol. The van der Waals surface area contributed by atoms with E-state index in [1.165, 1.54) is 0 Å². The smallest absolute Gasteiger partial charge is 0.273 e. The third-order valence-electron chi connectivity index (χ3n) is 3.69. The van der Waals surface area contributed by atoms with Gasteiger partial charge < -0.3 is 19.3 Å². The molecule has 1 atom stereocenters. The lowest BCUT2D eigenvalue weighted by Crippen LogP contribution is -2.29. The van der Waals surface area contributed by atoms with Gasteiger partial charge in [-0.2, -0.15) is 0 Å². The fourth-order valence-corrected chi connectivity index (χ4v) is 2.43. The Balaban J connectivity index is 1.68. The minimum atomic E-state index is -0.239. The Bertz CT molecular complexity index is 647. The molecule has 0 unspecified atom stereocenters. The van der Waals surface area contributed by atoms with Crippen LogP contribution in [0, 0.1) is 5.92 Å². The summed E-state index contributed by atoms with van der Waals surface area (Å²) in [4.78, 5) is 12.1. The van der Waals surface area contributed by atoms with Gasteiger partial charge in [-0.05, 0) is 18.6 Å². The molecule has 2 aromatic rings. The van der Waals surface area contributed by atoms with Gasteiger partial charge in [-0.3, -0.25) is 4.79 Å². The van der Waals surface area contributed by atoms with Crippen molar-refractivity contribution >= 4 is 5.91 Å². The maximum absolute atomic E-state index is 12.1. The van der Waals surface area contributed by atoms with Gasteiger partial charge in [0.15, 0.2) is 11.5 Å². The van der Waals surface area contributed by atoms with Gasteiger partial charge in [0, 0.05) is 25.1 Å². The quantitative estimate of drug-likeness (QED) is 0.915. The molecule has 0 aliphatic carbocycles. The summed E-state index contributed by atoms with van der Waals surface area (Å²) in [5.41, 5.74) is 1.03. The van der Waals surface area contributed by atoms with E-state index in [4.69, 9.17) is 14.0 Å². The first-order valence-corrected chi connectivity index (χ1v) is 7.24. The Kier molecular flexibility index (Phi) is 4.39. The fraction of sp³-hybridized carbons (Fsp3) is 0.375. The van der Waals surface area contributed by atoms with Crippen molar-refractivity contribution in [1.82, 2.24) is 10.5 Å². The molecule has 0 saturated carbocycles. The molecule has 1 aromatic carbocycles. The van der Waals surface area contributed by atoms with E-state index in [1.54, 1.807) is 13.2 Å². The van der Waals surface area contributed by atoms with Crippen molar-refractivity contribution in [3.63, 3.8) is 0 Å². The highest BCUT2D eigenvalue weighted by molar-refractivity contribution is 5.93. The number of aromatic nitrogens is 1. The standard InChI is InChI=1S/C16H18N2O4/c1-20-14-5-3-2-4-12(14)15-8-13(18-22-15)16(19)17-9-11-6-7-21-10-11/h2-5,8,11H,6-7,9-10H2,1H3,(H,17,19)/t11-/m0/s1. The van der Waals surface area contributed by atoms with Crippen LogP contribution >= 0.6 is 0 Å². The molecule has 1 fully saturated rings. The predicted molar refractivity (Wildman–Crippen MR) is 79.8 cm³/mol. The van der Waals surface area contributed by atoms with Crippen LogP contribution in [0.2, 0.25) is 0 Å². The van der Waals surface area contributed by atoms with Gasteiger partial charge in [-0.25, -0.2) is 0 Å². The van der Waals surface area contributed by atoms with E-state index in [0.29, 0.717) is 30.6 Å². The Morgan fingerprint density at radius 3 is 3.09 bits per heavy atom. The largest absolute Gasteiger partial charge is 0.496 e. The lowest BCUT2D eigenvalue weighted by atomic mass is 10.1. The van der Waals surface area contributed by atoms with Crippen LogP contribution in [0.3, 0.4) is 0 Å². The number of carbonyl (C=O) groups excluding carboxylic acids is 1. The predicted octanol–water partition coefficient (Wildman–Crippen LogP) is 2.12. The second kappa shape index (κ2) is 6.62. The highest BCUT2D eigenvalue weighted by Gasteiger charge is 2.19. The van der Waals surface area contributed by atoms with Crippen LogP contribution in [0.25, 0.3) is 11.3 Å². The summed E-state index contributed by atoms with van der Waals surface area (Å²) in [5, 5.41) is 6.70. The zero-order valence-electron chi connectivity index (χ0n) is 12.4. The maximum atomic E-state index is 12.1. The summed E-state index contributed by atoms with van der Waals surface area (Å²) in [5.74, 6) is 1.32. The molecule has 1 aliphatic heterocycles. The maximum Gasteiger partial charge on any atom is 0.273 e. The fourth-order valence-electron chi connectivity index (χ4n) is 2.43. The van der Waals surface area contributed by atoms with E-state index in [-0.39, 0.29) is 11.6 Å². The SMILES string of the molecule is COc1ccccc1-c1cc(C(=O)NC[C@@H]2CCOC2)no1. The van der Waals surface area contributed by atoms with Crippen molar-refractivity contribution in [1.29, 1.82) is 0 Å². The number of carbonyl (C=O) groups is 1. The van der Waals surface area contributed by atoms with Crippen molar-refractivity contribution < 1.29 is 18.8 Å². The van der Waals surface area contributed by atoms with Crippen molar-refractivity contribution in [3.05, 3.63) is 36.0 Å². The van der Waals surface area contributed by atoms with Crippen molar-refractivity contribution in [2.75, 3.05) is 26.9 Å². The second-order valence-electron chi connectivity index (χ2n) is 5.22. The molecular formula is C16H18N2O4. The number of amides is 1. The number of rotatable bonds is 5. The van der Waals surface area contributed by atoms with Crippen LogP contribution < -0.4 is 10.1 Å². The average Bonchev–Trinajstić information content (AvgIpc) is 3.24. The van der Waals surface area contributed by atoms with Crippen molar-refractivity contribution in [3.8, 4) is 17.1 Å². The molecule has 1 N–H and O–H groups in total. The van der Waals surface area contributed by atoms with Crippen LogP contribution in [0.4, 0.5) is 0 Å². The Labute approximate surface area is 128 Å². The molecule has 1 aliphatic rings. The Hall–Kier alpha value is -2.34. The molecule has 1 amide bonds. The molecule has 1 saturated heterocycles. The second-order valence-corrected chi connectivity index (χ2v) is 5.22. The number of ether oxygens (including phenoxy) is 2. The molecule has 0 spiro atoms. The molecule has 0 radical (unpaired) electrons. The first-order valence-electron chi connectivity index (χ1n) is 7.24. The van der Waals surface area contributed by atoms with E-state index in [9.17, 15) is 4.79 Å². The number of nitrogens with zero attached hydrogens (tertiary/aromatic N) is 1. The summed E-state index contributed by atoms with van der Waals surface area (Å²) in [6, 6.07) is 9.06. The lowest BCUT2D eigenvalue weighted by molar-refractivity contribution is 0.0936. The van der Waals surface area contributed by atoms with Gasteiger partial charge in [0.05, 0.1) is 19.3 Å². The van der Waals surface area contributed by atoms with Gasteiger partial charge >= 0.3 is 0 Å². The van der Waals surface area contributed by atoms with Crippen LogP contribution in [0.15, 0.2) is 34.9 Å². The summed E-state index contributed by atoms with van der Waals surface area (Å²) in [6.45, 7) is 2.06. The van der Waals surface area contributed by atoms with E-state index in [0.717, 1.165) is 18.6 Å². The number of benzene rings is 1. The zero-order valence-corrected chi connectivity index (χ0v) is 12.4. The molecular weight excluding hydrogens is 284 g/mol. The highest BCUT2D eigenvalue weighted by Crippen LogP contribution is 2.29. The number of para-hydroxylation sites is 1. The summed E-state index contributed by atoms with van der Waals surface area (Å²) >= 11 is 0. The summed E-state index contributed by atoms with van der Waals surface area (Å²) in [6.07, 6.45) is 0.978. The first kappa shape index (κ1) is 14.6. The third kappa shape index (κ3) is 3.12. The minimum Gasteiger partial charge on any atom is -0.496 e. The third-order valence-corrected chi connectivity index (χ3v) is 3.69. The molecule has 1 aromatic heterocycles. The van der Waals surface area contributed by atoms with E-state index in [1.807, 2.05) is 24.3 Å². The normalized spacial score (nSPS) is 17.4.